The highest BCUT2D eigenvalue weighted by Crippen LogP contribution is 2.23. The number of likely N-dealkylation sites (tertiary alicyclic amines) is 1. The first kappa shape index (κ1) is 14.0. The van der Waals surface area contributed by atoms with E-state index in [4.69, 9.17) is 0 Å². The van der Waals surface area contributed by atoms with Crippen LogP contribution in [-0.2, 0) is 0 Å². The maximum absolute atomic E-state index is 3.54. The lowest BCUT2D eigenvalue weighted by atomic mass is 9.96. The van der Waals surface area contributed by atoms with Crippen molar-refractivity contribution in [3.8, 4) is 0 Å². The summed E-state index contributed by atoms with van der Waals surface area (Å²) in [4.78, 5) is 2.70. The Labute approximate surface area is 102 Å². The second-order valence-electron chi connectivity index (χ2n) is 5.99. The van der Waals surface area contributed by atoms with Crippen molar-refractivity contribution < 1.29 is 0 Å². The van der Waals surface area contributed by atoms with Gasteiger partial charge in [-0.15, -0.1) is 0 Å². The minimum absolute atomic E-state index is 0.610. The van der Waals surface area contributed by atoms with Gasteiger partial charge in [0.15, 0.2) is 0 Å². The van der Waals surface area contributed by atoms with Crippen molar-refractivity contribution in [3.05, 3.63) is 0 Å². The van der Waals surface area contributed by atoms with Crippen molar-refractivity contribution in [3.63, 3.8) is 0 Å². The lowest BCUT2D eigenvalue weighted by molar-refractivity contribution is 0.0864. The van der Waals surface area contributed by atoms with Crippen molar-refractivity contribution in [1.29, 1.82) is 0 Å². The lowest BCUT2D eigenvalue weighted by Gasteiger charge is -2.40. The van der Waals surface area contributed by atoms with Crippen LogP contribution in [-0.4, -0.2) is 36.1 Å². The highest BCUT2D eigenvalue weighted by atomic mass is 15.2. The minimum Gasteiger partial charge on any atom is -0.314 e. The summed E-state index contributed by atoms with van der Waals surface area (Å²) in [6.45, 7) is 14.0. The molecule has 0 saturated carbocycles. The monoisotopic (exact) mass is 226 g/mol. The summed E-state index contributed by atoms with van der Waals surface area (Å²) < 4.78 is 0. The van der Waals surface area contributed by atoms with Crippen LogP contribution < -0.4 is 5.32 Å². The largest absolute Gasteiger partial charge is 0.314 e. The van der Waals surface area contributed by atoms with E-state index in [0.29, 0.717) is 6.04 Å². The molecule has 16 heavy (non-hydrogen) atoms. The van der Waals surface area contributed by atoms with Gasteiger partial charge in [0.1, 0.15) is 0 Å². The highest BCUT2D eigenvalue weighted by Gasteiger charge is 2.25. The fourth-order valence-electron chi connectivity index (χ4n) is 2.70. The Hall–Kier alpha value is -0.0800. The molecule has 0 aromatic rings. The van der Waals surface area contributed by atoms with Crippen LogP contribution in [0.15, 0.2) is 0 Å². The van der Waals surface area contributed by atoms with Gasteiger partial charge < -0.3 is 5.32 Å². The van der Waals surface area contributed by atoms with Crippen molar-refractivity contribution in [2.75, 3.05) is 13.1 Å². The molecule has 0 aliphatic carbocycles. The van der Waals surface area contributed by atoms with E-state index >= 15 is 0 Å². The van der Waals surface area contributed by atoms with Crippen LogP contribution in [0.25, 0.3) is 0 Å². The Morgan fingerprint density at radius 1 is 1.12 bits per heavy atom. The molecule has 2 nitrogen and oxygen atoms in total. The molecule has 1 saturated heterocycles. The molecule has 1 aliphatic heterocycles. The third-order valence-corrected chi connectivity index (χ3v) is 3.77. The predicted octanol–water partition coefficient (Wildman–Crippen LogP) is 2.88. The number of rotatable bonds is 5. The molecule has 1 unspecified atom stereocenters. The van der Waals surface area contributed by atoms with Crippen molar-refractivity contribution in [2.45, 2.75) is 72.0 Å². The second-order valence-corrected chi connectivity index (χ2v) is 5.99. The number of nitrogens with one attached hydrogen (secondary N) is 1. The van der Waals surface area contributed by atoms with Gasteiger partial charge in [-0.1, -0.05) is 27.2 Å². The fraction of sp³-hybridized carbons (Fsp3) is 1.00. The van der Waals surface area contributed by atoms with Gasteiger partial charge in [0.2, 0.25) is 0 Å². The molecule has 0 amide bonds. The number of nitrogens with zero attached hydrogens (tertiary/aromatic N) is 1. The third-order valence-electron chi connectivity index (χ3n) is 3.77. The summed E-state index contributed by atoms with van der Waals surface area (Å²) >= 11 is 0. The summed E-state index contributed by atoms with van der Waals surface area (Å²) in [5, 5.41) is 3.54. The zero-order valence-corrected chi connectivity index (χ0v) is 11.8. The number of hydrogen-bond acceptors (Lipinski definition) is 2. The molecule has 0 spiro atoms. The molecule has 3 atom stereocenters. The highest BCUT2D eigenvalue weighted by molar-refractivity contribution is 4.81. The lowest BCUT2D eigenvalue weighted by Crippen LogP contribution is -2.47. The Morgan fingerprint density at radius 3 is 2.19 bits per heavy atom. The molecular weight excluding hydrogens is 196 g/mol. The van der Waals surface area contributed by atoms with Crippen LogP contribution >= 0.6 is 0 Å². The quantitative estimate of drug-likeness (QED) is 0.775. The average Bonchev–Trinajstić information content (AvgIpc) is 2.21. The minimum atomic E-state index is 0.610. The van der Waals surface area contributed by atoms with Crippen LogP contribution in [0.1, 0.15) is 53.9 Å². The van der Waals surface area contributed by atoms with Crippen molar-refractivity contribution >= 4 is 0 Å². The van der Waals surface area contributed by atoms with Gasteiger partial charge in [-0.3, -0.25) is 4.90 Å². The first-order valence-corrected chi connectivity index (χ1v) is 6.99. The molecule has 1 rings (SSSR count). The van der Waals surface area contributed by atoms with Crippen LogP contribution in [0.5, 0.6) is 0 Å². The van der Waals surface area contributed by atoms with Crippen LogP contribution in [0.2, 0.25) is 0 Å². The molecule has 96 valence electrons. The Kier molecular flexibility index (Phi) is 5.77. The predicted molar refractivity (Wildman–Crippen MR) is 71.8 cm³/mol. The van der Waals surface area contributed by atoms with E-state index in [9.17, 15) is 0 Å². The van der Waals surface area contributed by atoms with E-state index in [1.807, 2.05) is 0 Å². The Bertz CT molecular complexity index is 181. The summed E-state index contributed by atoms with van der Waals surface area (Å²) in [6, 6.07) is 2.18. The third kappa shape index (κ3) is 4.42. The van der Waals surface area contributed by atoms with Crippen LogP contribution in [0, 0.1) is 5.92 Å². The van der Waals surface area contributed by atoms with Gasteiger partial charge in [0.25, 0.3) is 0 Å². The Morgan fingerprint density at radius 2 is 1.69 bits per heavy atom. The van der Waals surface area contributed by atoms with E-state index in [1.54, 1.807) is 0 Å². The maximum atomic E-state index is 3.54. The van der Waals surface area contributed by atoms with Gasteiger partial charge in [0.05, 0.1) is 0 Å². The zero-order chi connectivity index (χ0) is 12.1. The first-order valence-electron chi connectivity index (χ1n) is 6.99. The summed E-state index contributed by atoms with van der Waals surface area (Å²) in [7, 11) is 0. The topological polar surface area (TPSA) is 15.3 Å². The molecule has 0 aromatic carbocycles. The molecule has 1 N–H and O–H groups in total. The maximum Gasteiger partial charge on any atom is 0.00698 e. The molecule has 2 heteroatoms. The van der Waals surface area contributed by atoms with Crippen LogP contribution in [0.3, 0.4) is 0 Å². The number of piperidine rings is 1. The van der Waals surface area contributed by atoms with E-state index in [1.165, 1.54) is 25.8 Å². The SMILES string of the molecule is CC(CNC(C)C)CN1[C@H](C)CCC[C@@H]1C. The van der Waals surface area contributed by atoms with Gasteiger partial charge in [-0.2, -0.15) is 0 Å². The Balaban J connectivity index is 2.33. The molecule has 1 fully saturated rings. The molecule has 1 aliphatic rings. The molecule has 0 aromatic heterocycles. The first-order chi connectivity index (χ1) is 7.50. The van der Waals surface area contributed by atoms with E-state index < -0.39 is 0 Å². The summed E-state index contributed by atoms with van der Waals surface area (Å²) in [6.07, 6.45) is 4.18. The van der Waals surface area contributed by atoms with E-state index in [0.717, 1.165) is 24.5 Å². The molecular formula is C14H30N2. The van der Waals surface area contributed by atoms with Gasteiger partial charge in [0, 0.05) is 24.7 Å². The van der Waals surface area contributed by atoms with Crippen molar-refractivity contribution in [1.82, 2.24) is 10.2 Å². The standard InChI is InChI=1S/C14H30N2/c1-11(2)15-9-12(3)10-16-13(4)7-6-8-14(16)5/h11-15H,6-10H2,1-5H3/t12?,13-,14+. The molecule has 1 heterocycles. The van der Waals surface area contributed by atoms with E-state index in [-0.39, 0.29) is 0 Å². The fourth-order valence-corrected chi connectivity index (χ4v) is 2.70. The van der Waals surface area contributed by atoms with E-state index in [2.05, 4.69) is 44.8 Å². The smallest absolute Gasteiger partial charge is 0.00698 e. The molecule has 0 bridgehead atoms. The second kappa shape index (κ2) is 6.61. The summed E-state index contributed by atoms with van der Waals surface area (Å²) in [5.74, 6) is 0.755. The van der Waals surface area contributed by atoms with Crippen molar-refractivity contribution in [2.24, 2.45) is 5.92 Å². The van der Waals surface area contributed by atoms with Gasteiger partial charge in [-0.25, -0.2) is 0 Å². The normalized spacial score (nSPS) is 29.6. The van der Waals surface area contributed by atoms with Crippen LogP contribution in [0.4, 0.5) is 0 Å². The van der Waals surface area contributed by atoms with Gasteiger partial charge >= 0.3 is 0 Å². The zero-order valence-electron chi connectivity index (χ0n) is 11.8. The number of hydrogen-bond donors (Lipinski definition) is 1. The average molecular weight is 226 g/mol. The summed E-state index contributed by atoms with van der Waals surface area (Å²) in [5.41, 5.74) is 0. The van der Waals surface area contributed by atoms with Gasteiger partial charge in [-0.05, 0) is 39.2 Å². The molecule has 0 radical (unpaired) electrons.